The normalized spacial score (nSPS) is 10.5. The molecule has 7 heteroatoms. The average Bonchev–Trinajstić information content (AvgIpc) is 2.30. The minimum absolute atomic E-state index is 0.0289. The van der Waals surface area contributed by atoms with Crippen molar-refractivity contribution in [3.63, 3.8) is 0 Å². The summed E-state index contributed by atoms with van der Waals surface area (Å²) in [5.41, 5.74) is 5.62. The van der Waals surface area contributed by atoms with E-state index in [2.05, 4.69) is 9.97 Å². The Morgan fingerprint density at radius 1 is 1.56 bits per heavy atom. The van der Waals surface area contributed by atoms with E-state index in [4.69, 9.17) is 22.1 Å². The van der Waals surface area contributed by atoms with Gasteiger partial charge < -0.3 is 15.4 Å². The zero-order valence-corrected chi connectivity index (χ0v) is 11.4. The number of carbonyl (C=O) groups is 1. The average molecular weight is 273 g/mol. The van der Waals surface area contributed by atoms with E-state index in [0.717, 1.165) is 0 Å². The van der Waals surface area contributed by atoms with Gasteiger partial charge >= 0.3 is 5.97 Å². The largest absolute Gasteiger partial charge is 0.465 e. The predicted molar refractivity (Wildman–Crippen MR) is 70.6 cm³/mol. The molecule has 0 aliphatic rings. The Bertz CT molecular complexity index is 426. The molecule has 0 fully saturated rings. The van der Waals surface area contributed by atoms with Gasteiger partial charge in [0.1, 0.15) is 23.7 Å². The number of anilines is 2. The molecule has 0 aliphatic carbocycles. The number of esters is 1. The van der Waals surface area contributed by atoms with Crippen LogP contribution in [0.3, 0.4) is 0 Å². The Labute approximate surface area is 111 Å². The topological polar surface area (TPSA) is 81.3 Å². The molecule has 18 heavy (non-hydrogen) atoms. The second-order valence-corrected chi connectivity index (χ2v) is 4.30. The van der Waals surface area contributed by atoms with E-state index in [1.807, 2.05) is 13.8 Å². The molecular weight excluding hydrogens is 256 g/mol. The van der Waals surface area contributed by atoms with Crippen LogP contribution < -0.4 is 10.6 Å². The minimum atomic E-state index is -0.334. The lowest BCUT2D eigenvalue weighted by atomic mass is 10.3. The van der Waals surface area contributed by atoms with Crippen molar-refractivity contribution < 1.29 is 9.53 Å². The van der Waals surface area contributed by atoms with Crippen molar-refractivity contribution in [1.82, 2.24) is 9.97 Å². The molecule has 0 aromatic carbocycles. The fraction of sp³-hybridized carbons (Fsp3) is 0.545. The molecular formula is C11H17ClN4O2. The highest BCUT2D eigenvalue weighted by molar-refractivity contribution is 6.35. The first-order valence-corrected chi connectivity index (χ1v) is 6.03. The predicted octanol–water partition coefficient (Wildman–Crippen LogP) is 1.49. The number of carbonyl (C=O) groups excluding carboxylic acids is 1. The number of rotatable bonds is 5. The van der Waals surface area contributed by atoms with E-state index < -0.39 is 0 Å². The third-order valence-corrected chi connectivity index (χ3v) is 2.66. The van der Waals surface area contributed by atoms with Crippen molar-refractivity contribution in [1.29, 1.82) is 0 Å². The van der Waals surface area contributed by atoms with Gasteiger partial charge in [-0.15, -0.1) is 0 Å². The molecule has 0 saturated carbocycles. The molecule has 0 amide bonds. The highest BCUT2D eigenvalue weighted by Gasteiger charge is 2.20. The molecule has 1 rings (SSSR count). The molecule has 1 heterocycles. The Hall–Kier alpha value is -1.56. The second-order valence-electron chi connectivity index (χ2n) is 3.92. The summed E-state index contributed by atoms with van der Waals surface area (Å²) >= 11 is 6.05. The van der Waals surface area contributed by atoms with Crippen LogP contribution in [0.4, 0.5) is 11.6 Å². The summed E-state index contributed by atoms with van der Waals surface area (Å²) in [5.74, 6) is 0.294. The Kier molecular flexibility index (Phi) is 5.15. The van der Waals surface area contributed by atoms with Gasteiger partial charge in [0, 0.05) is 6.04 Å². The number of nitrogens with zero attached hydrogens (tertiary/aromatic N) is 3. The quantitative estimate of drug-likeness (QED) is 0.818. The maximum atomic E-state index is 11.5. The number of aromatic nitrogens is 2. The van der Waals surface area contributed by atoms with Gasteiger partial charge in [-0.3, -0.25) is 4.79 Å². The fourth-order valence-corrected chi connectivity index (χ4v) is 1.63. The smallest absolute Gasteiger partial charge is 0.325 e. The Morgan fingerprint density at radius 3 is 2.78 bits per heavy atom. The van der Waals surface area contributed by atoms with Crippen LogP contribution >= 0.6 is 11.6 Å². The molecule has 0 unspecified atom stereocenters. The Morgan fingerprint density at radius 2 is 2.22 bits per heavy atom. The SMILES string of the molecule is CCOC(=O)CN(c1ncnc(N)c1Cl)C(C)C. The van der Waals surface area contributed by atoms with Gasteiger partial charge in [0.15, 0.2) is 5.82 Å². The van der Waals surface area contributed by atoms with Gasteiger partial charge in [0.2, 0.25) is 0 Å². The van der Waals surface area contributed by atoms with E-state index in [1.165, 1.54) is 6.33 Å². The summed E-state index contributed by atoms with van der Waals surface area (Å²) in [6.45, 7) is 6.01. The van der Waals surface area contributed by atoms with Gasteiger partial charge in [-0.25, -0.2) is 9.97 Å². The van der Waals surface area contributed by atoms with Gasteiger partial charge in [0.25, 0.3) is 0 Å². The number of hydrogen-bond acceptors (Lipinski definition) is 6. The number of nitrogen functional groups attached to an aromatic ring is 1. The molecule has 100 valence electrons. The van der Waals surface area contributed by atoms with Crippen molar-refractivity contribution in [2.24, 2.45) is 0 Å². The van der Waals surface area contributed by atoms with Crippen molar-refractivity contribution in [2.75, 3.05) is 23.8 Å². The molecule has 2 N–H and O–H groups in total. The van der Waals surface area contributed by atoms with Crippen LogP contribution in [0, 0.1) is 0 Å². The van der Waals surface area contributed by atoms with Crippen molar-refractivity contribution in [2.45, 2.75) is 26.8 Å². The lowest BCUT2D eigenvalue weighted by Crippen LogP contribution is -2.37. The van der Waals surface area contributed by atoms with E-state index in [0.29, 0.717) is 12.4 Å². The molecule has 0 radical (unpaired) electrons. The van der Waals surface area contributed by atoms with Gasteiger partial charge in [-0.1, -0.05) is 11.6 Å². The van der Waals surface area contributed by atoms with Crippen LogP contribution in [0.25, 0.3) is 0 Å². The first-order chi connectivity index (χ1) is 8.47. The number of halogens is 1. The minimum Gasteiger partial charge on any atom is -0.465 e. The summed E-state index contributed by atoms with van der Waals surface area (Å²) in [5, 5.41) is 0.246. The molecule has 0 aliphatic heterocycles. The molecule has 0 spiro atoms. The van der Waals surface area contributed by atoms with Crippen molar-refractivity contribution in [3.8, 4) is 0 Å². The third-order valence-electron chi connectivity index (χ3n) is 2.30. The van der Waals surface area contributed by atoms with Crippen LogP contribution in [0.5, 0.6) is 0 Å². The molecule has 1 aromatic rings. The Balaban J connectivity index is 2.98. The molecule has 0 bridgehead atoms. The van der Waals surface area contributed by atoms with Crippen LogP contribution in [0.2, 0.25) is 5.02 Å². The maximum Gasteiger partial charge on any atom is 0.325 e. The lowest BCUT2D eigenvalue weighted by molar-refractivity contribution is -0.141. The highest BCUT2D eigenvalue weighted by Crippen LogP contribution is 2.28. The molecule has 6 nitrogen and oxygen atoms in total. The maximum absolute atomic E-state index is 11.5. The summed E-state index contributed by atoms with van der Waals surface area (Å²) in [6, 6.07) is 0.0289. The van der Waals surface area contributed by atoms with Gasteiger partial charge in [-0.2, -0.15) is 0 Å². The standard InChI is InChI=1S/C11H17ClN4O2/c1-4-18-8(17)5-16(7(2)3)11-9(12)10(13)14-6-15-11/h6-7H,4-5H2,1-3H3,(H2,13,14,15). The molecule has 1 aromatic heterocycles. The van der Waals surface area contributed by atoms with Crippen LogP contribution in [0.15, 0.2) is 6.33 Å². The number of nitrogens with two attached hydrogens (primary N) is 1. The molecule has 0 saturated heterocycles. The molecule has 0 atom stereocenters. The van der Waals surface area contributed by atoms with Crippen LogP contribution in [-0.2, 0) is 9.53 Å². The second kappa shape index (κ2) is 6.39. The fourth-order valence-electron chi connectivity index (χ4n) is 1.42. The van der Waals surface area contributed by atoms with E-state index in [1.54, 1.807) is 11.8 Å². The highest BCUT2D eigenvalue weighted by atomic mass is 35.5. The number of ether oxygens (including phenoxy) is 1. The van der Waals surface area contributed by atoms with Gasteiger partial charge in [-0.05, 0) is 20.8 Å². The van der Waals surface area contributed by atoms with Crippen LogP contribution in [-0.4, -0.2) is 35.1 Å². The van der Waals surface area contributed by atoms with E-state index in [-0.39, 0.29) is 29.4 Å². The lowest BCUT2D eigenvalue weighted by Gasteiger charge is -2.27. The van der Waals surface area contributed by atoms with Crippen molar-refractivity contribution >= 4 is 29.2 Å². The summed E-state index contributed by atoms with van der Waals surface area (Å²) in [4.78, 5) is 21.1. The van der Waals surface area contributed by atoms with Crippen LogP contribution in [0.1, 0.15) is 20.8 Å². The first kappa shape index (κ1) is 14.5. The van der Waals surface area contributed by atoms with E-state index >= 15 is 0 Å². The van der Waals surface area contributed by atoms with Gasteiger partial charge in [0.05, 0.1) is 6.61 Å². The number of hydrogen-bond donors (Lipinski definition) is 1. The van der Waals surface area contributed by atoms with E-state index in [9.17, 15) is 4.79 Å². The van der Waals surface area contributed by atoms with Crippen molar-refractivity contribution in [3.05, 3.63) is 11.3 Å². The summed E-state index contributed by atoms with van der Waals surface area (Å²) in [6.07, 6.45) is 1.32. The zero-order valence-electron chi connectivity index (χ0n) is 10.7. The first-order valence-electron chi connectivity index (χ1n) is 5.65. The monoisotopic (exact) mass is 272 g/mol. The third kappa shape index (κ3) is 3.46. The zero-order chi connectivity index (χ0) is 13.7. The summed E-state index contributed by atoms with van der Waals surface area (Å²) < 4.78 is 4.92. The summed E-state index contributed by atoms with van der Waals surface area (Å²) in [7, 11) is 0.